The highest BCUT2D eigenvalue weighted by Crippen LogP contribution is 2.33. The molecule has 0 bridgehead atoms. The number of carbonyl (C=O) groups excluding carboxylic acids is 2. The number of amides is 2. The molecule has 2 rings (SSSR count). The zero-order chi connectivity index (χ0) is 19.8. The third-order valence-electron chi connectivity index (χ3n) is 3.55. The first-order valence-corrected chi connectivity index (χ1v) is 9.10. The molecule has 0 aliphatic carbocycles. The van der Waals surface area contributed by atoms with Crippen LogP contribution >= 0.6 is 23.2 Å². The number of benzene rings is 2. The van der Waals surface area contributed by atoms with E-state index in [1.807, 2.05) is 6.92 Å². The van der Waals surface area contributed by atoms with Crippen molar-refractivity contribution in [3.05, 3.63) is 58.1 Å². The molecule has 0 aliphatic rings. The lowest BCUT2D eigenvalue weighted by molar-refractivity contribution is -0.116. The monoisotopic (exact) mass is 406 g/mol. The number of methoxy groups -OCH3 is 1. The molecule has 0 saturated carbocycles. The predicted octanol–water partition coefficient (Wildman–Crippen LogP) is 5.39. The molecule has 2 amide bonds. The first kappa shape index (κ1) is 20.8. The van der Waals surface area contributed by atoms with Crippen LogP contribution in [0.4, 0.5) is 11.4 Å². The van der Waals surface area contributed by atoms with Crippen LogP contribution in [0.5, 0.6) is 5.75 Å². The van der Waals surface area contributed by atoms with Crippen molar-refractivity contribution in [2.45, 2.75) is 19.8 Å². The molecule has 0 atom stereocenters. The molecule has 0 spiro atoms. The summed E-state index contributed by atoms with van der Waals surface area (Å²) in [5.74, 6) is 0.0294. The maximum Gasteiger partial charge on any atom is 0.248 e. The lowest BCUT2D eigenvalue weighted by Crippen LogP contribution is -2.12. The van der Waals surface area contributed by atoms with Crippen LogP contribution in [0.25, 0.3) is 6.08 Å². The van der Waals surface area contributed by atoms with Gasteiger partial charge in [0.15, 0.2) is 0 Å². The Kier molecular flexibility index (Phi) is 7.70. The zero-order valence-corrected chi connectivity index (χ0v) is 16.5. The number of hydrogen-bond acceptors (Lipinski definition) is 3. The van der Waals surface area contributed by atoms with E-state index in [9.17, 15) is 9.59 Å². The summed E-state index contributed by atoms with van der Waals surface area (Å²) in [6, 6.07) is 10.2. The van der Waals surface area contributed by atoms with Crippen LogP contribution in [-0.2, 0) is 9.59 Å². The average Bonchev–Trinajstić information content (AvgIpc) is 2.60. The highest BCUT2D eigenvalue weighted by atomic mass is 35.5. The van der Waals surface area contributed by atoms with Gasteiger partial charge in [-0.2, -0.15) is 0 Å². The molecule has 0 aliphatic heterocycles. The van der Waals surface area contributed by atoms with Crippen molar-refractivity contribution in [3.63, 3.8) is 0 Å². The van der Waals surface area contributed by atoms with Gasteiger partial charge < -0.3 is 15.4 Å². The lowest BCUT2D eigenvalue weighted by atomic mass is 10.2. The fourth-order valence-corrected chi connectivity index (χ4v) is 2.98. The van der Waals surface area contributed by atoms with Gasteiger partial charge in [-0.15, -0.1) is 0 Å². The summed E-state index contributed by atoms with van der Waals surface area (Å²) in [6.45, 7) is 1.94. The van der Waals surface area contributed by atoms with E-state index >= 15 is 0 Å². The van der Waals surface area contributed by atoms with Gasteiger partial charge in [-0.05, 0) is 42.8 Å². The van der Waals surface area contributed by atoms with Crippen LogP contribution in [0, 0.1) is 0 Å². The summed E-state index contributed by atoms with van der Waals surface area (Å²) in [5, 5.41) is 6.33. The number of ether oxygens (including phenoxy) is 1. The fraction of sp³-hybridized carbons (Fsp3) is 0.200. The van der Waals surface area contributed by atoms with Crippen LogP contribution < -0.4 is 15.4 Å². The Labute approximate surface area is 168 Å². The summed E-state index contributed by atoms with van der Waals surface area (Å²) in [5.41, 5.74) is 1.78. The Bertz CT molecular complexity index is 866. The van der Waals surface area contributed by atoms with Crippen molar-refractivity contribution in [3.8, 4) is 5.75 Å². The molecule has 0 fully saturated rings. The smallest absolute Gasteiger partial charge is 0.248 e. The largest absolute Gasteiger partial charge is 0.495 e. The average molecular weight is 407 g/mol. The number of anilines is 2. The van der Waals surface area contributed by atoms with Gasteiger partial charge in [0.25, 0.3) is 0 Å². The Morgan fingerprint density at radius 1 is 1.11 bits per heavy atom. The molecule has 7 heteroatoms. The summed E-state index contributed by atoms with van der Waals surface area (Å²) in [4.78, 5) is 23.9. The molecule has 2 aromatic carbocycles. The fourth-order valence-electron chi connectivity index (χ4n) is 2.39. The number of nitrogens with one attached hydrogen (secondary N) is 2. The van der Waals surface area contributed by atoms with Gasteiger partial charge in [0.2, 0.25) is 11.8 Å². The van der Waals surface area contributed by atoms with E-state index in [0.717, 1.165) is 6.42 Å². The van der Waals surface area contributed by atoms with Crippen LogP contribution in [-0.4, -0.2) is 18.9 Å². The summed E-state index contributed by atoms with van der Waals surface area (Å²) >= 11 is 12.1. The van der Waals surface area contributed by atoms with Crippen molar-refractivity contribution >= 4 is 52.5 Å². The van der Waals surface area contributed by atoms with Crippen molar-refractivity contribution < 1.29 is 14.3 Å². The van der Waals surface area contributed by atoms with Crippen LogP contribution in [0.15, 0.2) is 42.5 Å². The van der Waals surface area contributed by atoms with Crippen molar-refractivity contribution in [1.29, 1.82) is 0 Å². The number of hydrogen-bond donors (Lipinski definition) is 2. The minimum atomic E-state index is -0.342. The van der Waals surface area contributed by atoms with Crippen LogP contribution in [0.2, 0.25) is 10.0 Å². The molecule has 5 nitrogen and oxygen atoms in total. The second-order valence-electron chi connectivity index (χ2n) is 5.71. The van der Waals surface area contributed by atoms with E-state index in [4.69, 9.17) is 27.9 Å². The van der Waals surface area contributed by atoms with Gasteiger partial charge in [-0.3, -0.25) is 9.59 Å². The Balaban J connectivity index is 2.08. The molecule has 0 unspecified atom stereocenters. The van der Waals surface area contributed by atoms with Gasteiger partial charge in [0, 0.05) is 34.5 Å². The molecule has 2 aromatic rings. The highest BCUT2D eigenvalue weighted by Gasteiger charge is 2.08. The van der Waals surface area contributed by atoms with E-state index in [0.29, 0.717) is 39.2 Å². The third-order valence-corrected chi connectivity index (χ3v) is 4.05. The third kappa shape index (κ3) is 6.31. The number of rotatable bonds is 7. The Hall–Kier alpha value is -2.50. The van der Waals surface area contributed by atoms with E-state index in [-0.39, 0.29) is 11.8 Å². The van der Waals surface area contributed by atoms with Crippen LogP contribution in [0.3, 0.4) is 0 Å². The van der Waals surface area contributed by atoms with Gasteiger partial charge in [0.05, 0.1) is 12.1 Å². The lowest BCUT2D eigenvalue weighted by Gasteiger charge is -2.08. The van der Waals surface area contributed by atoms with Gasteiger partial charge in [0.1, 0.15) is 5.75 Å². The predicted molar refractivity (Wildman–Crippen MR) is 111 cm³/mol. The van der Waals surface area contributed by atoms with Crippen molar-refractivity contribution in [1.82, 2.24) is 0 Å². The van der Waals surface area contributed by atoms with Gasteiger partial charge in [-0.1, -0.05) is 36.2 Å². The maximum atomic E-state index is 12.2. The molecule has 142 valence electrons. The first-order chi connectivity index (χ1) is 12.9. The van der Waals surface area contributed by atoms with Gasteiger partial charge >= 0.3 is 0 Å². The van der Waals surface area contributed by atoms with E-state index in [1.54, 1.807) is 42.5 Å². The summed E-state index contributed by atoms with van der Waals surface area (Å²) in [6.07, 6.45) is 4.14. The highest BCUT2D eigenvalue weighted by molar-refractivity contribution is 6.36. The van der Waals surface area contributed by atoms with Crippen LogP contribution in [0.1, 0.15) is 25.3 Å². The number of halogens is 2. The zero-order valence-electron chi connectivity index (χ0n) is 15.0. The molecular formula is C20H20Cl2N2O3. The molecule has 0 heterocycles. The maximum absolute atomic E-state index is 12.2. The Morgan fingerprint density at radius 3 is 2.48 bits per heavy atom. The topological polar surface area (TPSA) is 67.4 Å². The number of carbonyl (C=O) groups is 2. The second kappa shape index (κ2) is 10.00. The molecule has 27 heavy (non-hydrogen) atoms. The normalized spacial score (nSPS) is 10.7. The second-order valence-corrected chi connectivity index (χ2v) is 6.56. The summed E-state index contributed by atoms with van der Waals surface area (Å²) in [7, 11) is 1.49. The minimum Gasteiger partial charge on any atom is -0.495 e. The first-order valence-electron chi connectivity index (χ1n) is 8.35. The summed E-state index contributed by atoms with van der Waals surface area (Å²) < 4.78 is 5.24. The minimum absolute atomic E-state index is 0.0641. The SMILES string of the molecule is CCCC(=O)Nc1cccc(NC(=O)/C=C/c2cc(Cl)cc(Cl)c2OC)c1. The van der Waals surface area contributed by atoms with E-state index in [1.165, 1.54) is 13.2 Å². The molecule has 0 saturated heterocycles. The molecular weight excluding hydrogens is 387 g/mol. The van der Waals surface area contributed by atoms with E-state index < -0.39 is 0 Å². The van der Waals surface area contributed by atoms with Gasteiger partial charge in [-0.25, -0.2) is 0 Å². The molecule has 2 N–H and O–H groups in total. The van der Waals surface area contributed by atoms with Crippen molar-refractivity contribution in [2.75, 3.05) is 17.7 Å². The van der Waals surface area contributed by atoms with Crippen molar-refractivity contribution in [2.24, 2.45) is 0 Å². The standard InChI is InChI=1S/C20H20Cl2N2O3/c1-3-5-18(25)23-15-6-4-7-16(12-15)24-19(26)9-8-13-10-14(21)11-17(22)20(13)27-2/h4,6-12H,3,5H2,1-2H3,(H,23,25)(H,24,26)/b9-8+. The molecule has 0 aromatic heterocycles. The quantitative estimate of drug-likeness (QED) is 0.605. The Morgan fingerprint density at radius 2 is 1.81 bits per heavy atom. The van der Waals surface area contributed by atoms with E-state index in [2.05, 4.69) is 10.6 Å². The molecule has 0 radical (unpaired) electrons.